The van der Waals surface area contributed by atoms with E-state index in [1.165, 1.54) is 0 Å². The van der Waals surface area contributed by atoms with Gasteiger partial charge in [-0.2, -0.15) is 0 Å². The van der Waals surface area contributed by atoms with Gasteiger partial charge in [0, 0.05) is 0 Å². The number of amides is 1. The minimum atomic E-state index is -1.51. The van der Waals surface area contributed by atoms with E-state index in [1.807, 2.05) is 0 Å². The summed E-state index contributed by atoms with van der Waals surface area (Å²) in [7, 11) is 0. The van der Waals surface area contributed by atoms with Gasteiger partial charge in [-0.05, 0) is 12.1 Å². The lowest BCUT2D eigenvalue weighted by molar-refractivity contribution is -0.127. The lowest BCUT2D eigenvalue weighted by atomic mass is 10.2. The molecule has 5 heteroatoms. The van der Waals surface area contributed by atoms with Crippen LogP contribution in [0.15, 0.2) is 5.18 Å². The molecule has 0 saturated heterocycles. The van der Waals surface area contributed by atoms with Crippen LogP contribution >= 0.6 is 0 Å². The fraction of sp³-hybridized carbons (Fsp3) is 0.500. The molecular formula is C4H6N2O3. The quantitative estimate of drug-likeness (QED) is 0.400. The van der Waals surface area contributed by atoms with Crippen LogP contribution in [-0.2, 0) is 9.59 Å². The summed E-state index contributed by atoms with van der Waals surface area (Å²) in [6.45, 7) is 1.08. The van der Waals surface area contributed by atoms with Crippen molar-refractivity contribution in [2.24, 2.45) is 10.9 Å². The number of primary amides is 1. The normalized spacial score (nSPS) is 12.1. The summed E-state index contributed by atoms with van der Waals surface area (Å²) in [5.41, 5.74) is 4.59. The topological polar surface area (TPSA) is 89.6 Å². The Morgan fingerprint density at radius 1 is 1.56 bits per heavy atom. The Labute approximate surface area is 51.2 Å². The summed E-state index contributed by atoms with van der Waals surface area (Å²) in [6.07, 6.45) is 0. The van der Waals surface area contributed by atoms with Crippen LogP contribution < -0.4 is 5.73 Å². The van der Waals surface area contributed by atoms with Crippen molar-refractivity contribution in [3.8, 4) is 0 Å². The van der Waals surface area contributed by atoms with E-state index in [-0.39, 0.29) is 0 Å². The largest absolute Gasteiger partial charge is 0.367 e. The summed E-state index contributed by atoms with van der Waals surface area (Å²) < 4.78 is 0. The molecule has 0 aliphatic rings. The highest BCUT2D eigenvalue weighted by Crippen LogP contribution is 1.88. The van der Waals surface area contributed by atoms with Crippen molar-refractivity contribution >= 4 is 11.7 Å². The average molecular weight is 130 g/mol. The fourth-order valence-corrected chi connectivity index (χ4v) is 0.327. The minimum Gasteiger partial charge on any atom is -0.367 e. The zero-order valence-electron chi connectivity index (χ0n) is 4.83. The first-order valence-electron chi connectivity index (χ1n) is 2.22. The van der Waals surface area contributed by atoms with Crippen molar-refractivity contribution in [3.05, 3.63) is 4.91 Å². The Kier molecular flexibility index (Phi) is 2.50. The van der Waals surface area contributed by atoms with Gasteiger partial charge in [-0.1, -0.05) is 0 Å². The molecule has 1 amide bonds. The Morgan fingerprint density at radius 3 is 2.00 bits per heavy atom. The number of rotatable bonds is 3. The highest BCUT2D eigenvalue weighted by atomic mass is 16.3. The lowest BCUT2D eigenvalue weighted by Crippen LogP contribution is -2.32. The second-order valence-corrected chi connectivity index (χ2v) is 1.52. The zero-order valence-corrected chi connectivity index (χ0v) is 4.83. The second-order valence-electron chi connectivity index (χ2n) is 1.52. The standard InChI is InChI=1S/C4H6N2O3/c1-2(7)3(6-9)4(5)8/h3H,1H3,(H2,5,8). The average Bonchev–Trinajstić information content (AvgIpc) is 1.64. The fourth-order valence-electron chi connectivity index (χ4n) is 0.327. The number of hydrogen-bond donors (Lipinski definition) is 1. The van der Waals surface area contributed by atoms with Gasteiger partial charge in [-0.15, -0.1) is 4.91 Å². The second kappa shape index (κ2) is 2.91. The SMILES string of the molecule is CC(=O)C(N=O)C(N)=O. The molecule has 50 valence electrons. The van der Waals surface area contributed by atoms with E-state index >= 15 is 0 Å². The van der Waals surface area contributed by atoms with Crippen LogP contribution in [0.3, 0.4) is 0 Å². The van der Waals surface area contributed by atoms with Crippen LogP contribution in [0.2, 0.25) is 0 Å². The van der Waals surface area contributed by atoms with E-state index in [0.29, 0.717) is 0 Å². The van der Waals surface area contributed by atoms with Gasteiger partial charge in [0.1, 0.15) is 0 Å². The van der Waals surface area contributed by atoms with Crippen LogP contribution in [0.25, 0.3) is 0 Å². The van der Waals surface area contributed by atoms with Crippen LogP contribution in [-0.4, -0.2) is 17.7 Å². The number of nitrogens with two attached hydrogens (primary N) is 1. The third-order valence-electron chi connectivity index (χ3n) is 0.760. The van der Waals surface area contributed by atoms with Gasteiger partial charge in [0.05, 0.1) is 0 Å². The molecule has 0 saturated carbocycles. The van der Waals surface area contributed by atoms with E-state index in [2.05, 4.69) is 10.9 Å². The molecule has 0 aromatic heterocycles. The molecule has 9 heavy (non-hydrogen) atoms. The van der Waals surface area contributed by atoms with Gasteiger partial charge in [0.15, 0.2) is 5.78 Å². The molecule has 0 rings (SSSR count). The Hall–Kier alpha value is -1.26. The summed E-state index contributed by atoms with van der Waals surface area (Å²) in [6, 6.07) is -1.51. The summed E-state index contributed by atoms with van der Waals surface area (Å²) in [5.74, 6) is -1.63. The van der Waals surface area contributed by atoms with E-state index in [4.69, 9.17) is 0 Å². The molecule has 1 atom stereocenters. The molecule has 0 spiro atoms. The Bertz CT molecular complexity index is 140. The molecule has 0 heterocycles. The van der Waals surface area contributed by atoms with Crippen molar-refractivity contribution < 1.29 is 9.59 Å². The summed E-state index contributed by atoms with van der Waals surface area (Å²) >= 11 is 0. The maximum atomic E-state index is 10.2. The van der Waals surface area contributed by atoms with Gasteiger partial charge in [0.25, 0.3) is 5.91 Å². The van der Waals surface area contributed by atoms with Crippen molar-refractivity contribution in [2.45, 2.75) is 13.0 Å². The molecule has 1 unspecified atom stereocenters. The van der Waals surface area contributed by atoms with Gasteiger partial charge >= 0.3 is 0 Å². The number of nitrogens with zero attached hydrogens (tertiary/aromatic N) is 1. The molecule has 0 aromatic carbocycles. The van der Waals surface area contributed by atoms with Crippen molar-refractivity contribution in [1.29, 1.82) is 0 Å². The Morgan fingerprint density at radius 2 is 2.00 bits per heavy atom. The lowest BCUT2D eigenvalue weighted by Gasteiger charge is -1.95. The Balaban J connectivity index is 4.16. The van der Waals surface area contributed by atoms with E-state index in [1.54, 1.807) is 0 Å². The van der Waals surface area contributed by atoms with Gasteiger partial charge in [-0.25, -0.2) is 0 Å². The van der Waals surface area contributed by atoms with Crippen LogP contribution in [0.4, 0.5) is 0 Å². The van der Waals surface area contributed by atoms with E-state index < -0.39 is 17.7 Å². The van der Waals surface area contributed by atoms with E-state index in [9.17, 15) is 14.5 Å². The first-order valence-corrected chi connectivity index (χ1v) is 2.22. The number of carbonyl (C=O) groups is 2. The van der Waals surface area contributed by atoms with Crippen molar-refractivity contribution in [3.63, 3.8) is 0 Å². The van der Waals surface area contributed by atoms with Crippen molar-refractivity contribution in [1.82, 2.24) is 0 Å². The predicted octanol–water partition coefficient (Wildman–Crippen LogP) is -0.804. The van der Waals surface area contributed by atoms with E-state index in [0.717, 1.165) is 6.92 Å². The van der Waals surface area contributed by atoms with Gasteiger partial charge in [0.2, 0.25) is 6.04 Å². The predicted molar refractivity (Wildman–Crippen MR) is 29.5 cm³/mol. The number of hydrogen-bond acceptors (Lipinski definition) is 4. The molecule has 0 radical (unpaired) electrons. The maximum Gasteiger partial charge on any atom is 0.253 e. The molecule has 0 fully saturated rings. The highest BCUT2D eigenvalue weighted by molar-refractivity contribution is 6.03. The molecule has 5 nitrogen and oxygen atoms in total. The van der Waals surface area contributed by atoms with Crippen LogP contribution in [0.1, 0.15) is 6.92 Å². The molecule has 0 aliphatic heterocycles. The number of nitroso groups, excluding NO2 is 1. The number of ketones is 1. The minimum absolute atomic E-state index is 0.627. The molecule has 0 aromatic rings. The van der Waals surface area contributed by atoms with Crippen LogP contribution in [0.5, 0.6) is 0 Å². The van der Waals surface area contributed by atoms with Gasteiger partial charge < -0.3 is 5.73 Å². The van der Waals surface area contributed by atoms with Crippen molar-refractivity contribution in [2.75, 3.05) is 0 Å². The molecule has 2 N–H and O–H groups in total. The zero-order chi connectivity index (χ0) is 7.44. The molecular weight excluding hydrogens is 124 g/mol. The first-order chi connectivity index (χ1) is 4.09. The third kappa shape index (κ3) is 1.98. The monoisotopic (exact) mass is 130 g/mol. The molecule has 0 bridgehead atoms. The maximum absolute atomic E-state index is 10.2. The van der Waals surface area contributed by atoms with Gasteiger partial charge in [-0.3, -0.25) is 9.59 Å². The molecule has 0 aliphatic carbocycles. The van der Waals surface area contributed by atoms with Crippen LogP contribution in [0, 0.1) is 4.91 Å². The summed E-state index contributed by atoms with van der Waals surface area (Å²) in [5, 5.41) is 2.21. The highest BCUT2D eigenvalue weighted by Gasteiger charge is 2.20. The summed E-state index contributed by atoms with van der Waals surface area (Å²) in [4.78, 5) is 29.9. The first kappa shape index (κ1) is 7.74. The smallest absolute Gasteiger partial charge is 0.253 e. The third-order valence-corrected chi connectivity index (χ3v) is 0.760. The number of carbonyl (C=O) groups excluding carboxylic acids is 2. The number of Topliss-reactive ketones (excluding diaryl/α,β-unsaturated/α-hetero) is 1.